The monoisotopic (exact) mass is 423 g/mol. The Balaban J connectivity index is 1.75. The lowest BCUT2D eigenvalue weighted by molar-refractivity contribution is 0.503. The number of halogens is 2. The molecule has 0 amide bonds. The van der Waals surface area contributed by atoms with Gasteiger partial charge in [0.15, 0.2) is 5.96 Å². The molecule has 0 spiro atoms. The van der Waals surface area contributed by atoms with E-state index in [-0.39, 0.29) is 5.82 Å². The average molecular weight is 424 g/mol. The summed E-state index contributed by atoms with van der Waals surface area (Å²) in [6.45, 7) is 6.65. The van der Waals surface area contributed by atoms with Crippen LogP contribution in [0, 0.1) is 11.7 Å². The lowest BCUT2D eigenvalue weighted by Crippen LogP contribution is -2.38. The fourth-order valence-corrected chi connectivity index (χ4v) is 2.99. The number of hydrogen-bond acceptors (Lipinski definition) is 2. The molecule has 5 nitrogen and oxygen atoms in total. The molecule has 1 heterocycles. The number of rotatable bonds is 8. The van der Waals surface area contributed by atoms with Crippen molar-refractivity contribution in [2.45, 2.75) is 39.8 Å². The van der Waals surface area contributed by atoms with Gasteiger partial charge in [0.2, 0.25) is 0 Å². The molecule has 142 valence electrons. The number of aliphatic imine (C=N–C) groups is 1. The number of imidazole rings is 1. The highest BCUT2D eigenvalue weighted by atomic mass is 79.9. The molecule has 0 saturated heterocycles. The third-order valence-corrected chi connectivity index (χ3v) is 4.42. The standard InChI is InChI=1S/C19H27BrFN5/c1-14(2)13-26-10-9-23-18(26)12-25-19(22-3)24-8-4-5-15-6-7-16(20)11-17(15)21/h6-7,9-11,14H,4-5,8,12-13H2,1-3H3,(H2,22,24,25). The number of nitrogens with zero attached hydrogens (tertiary/aromatic N) is 3. The predicted molar refractivity (Wildman–Crippen MR) is 108 cm³/mol. The Kier molecular flexibility index (Phi) is 8.09. The van der Waals surface area contributed by atoms with Crippen LogP contribution >= 0.6 is 15.9 Å². The smallest absolute Gasteiger partial charge is 0.191 e. The van der Waals surface area contributed by atoms with E-state index in [1.54, 1.807) is 7.05 Å². The maximum absolute atomic E-state index is 13.8. The summed E-state index contributed by atoms with van der Waals surface area (Å²) in [7, 11) is 1.74. The maximum atomic E-state index is 13.8. The molecule has 0 atom stereocenters. The molecule has 2 N–H and O–H groups in total. The zero-order chi connectivity index (χ0) is 18.9. The average Bonchev–Trinajstić information content (AvgIpc) is 3.02. The van der Waals surface area contributed by atoms with E-state index in [0.29, 0.717) is 18.9 Å². The Bertz CT molecular complexity index is 726. The van der Waals surface area contributed by atoms with Crippen LogP contribution in [0.3, 0.4) is 0 Å². The van der Waals surface area contributed by atoms with E-state index in [1.807, 2.05) is 24.5 Å². The fourth-order valence-electron chi connectivity index (χ4n) is 2.66. The molecule has 0 aliphatic heterocycles. The molecular formula is C19H27BrFN5. The van der Waals surface area contributed by atoms with Crippen molar-refractivity contribution in [3.63, 3.8) is 0 Å². The first-order valence-electron chi connectivity index (χ1n) is 8.88. The Morgan fingerprint density at radius 1 is 1.35 bits per heavy atom. The third-order valence-electron chi connectivity index (χ3n) is 3.93. The topological polar surface area (TPSA) is 54.2 Å². The SMILES string of the molecule is CN=C(NCCCc1ccc(Br)cc1F)NCc1nccn1CC(C)C. The minimum absolute atomic E-state index is 0.168. The van der Waals surface area contributed by atoms with Gasteiger partial charge in [-0.1, -0.05) is 35.8 Å². The van der Waals surface area contributed by atoms with Gasteiger partial charge in [-0.05, 0) is 36.5 Å². The second-order valence-corrected chi connectivity index (χ2v) is 7.50. The van der Waals surface area contributed by atoms with Crippen molar-refractivity contribution < 1.29 is 4.39 Å². The van der Waals surface area contributed by atoms with Crippen LogP contribution in [0.25, 0.3) is 0 Å². The summed E-state index contributed by atoms with van der Waals surface area (Å²) < 4.78 is 16.7. The largest absolute Gasteiger partial charge is 0.356 e. The Labute approximate surface area is 163 Å². The van der Waals surface area contributed by atoms with Crippen LogP contribution in [0.4, 0.5) is 4.39 Å². The van der Waals surface area contributed by atoms with E-state index in [1.165, 1.54) is 6.07 Å². The molecule has 7 heteroatoms. The van der Waals surface area contributed by atoms with Gasteiger partial charge >= 0.3 is 0 Å². The van der Waals surface area contributed by atoms with Crippen molar-refractivity contribution in [3.8, 4) is 0 Å². The molecular weight excluding hydrogens is 397 g/mol. The molecule has 2 rings (SSSR count). The molecule has 26 heavy (non-hydrogen) atoms. The van der Waals surface area contributed by atoms with E-state index in [4.69, 9.17) is 0 Å². The van der Waals surface area contributed by atoms with Gasteiger partial charge in [-0.15, -0.1) is 0 Å². The van der Waals surface area contributed by atoms with Crippen molar-refractivity contribution in [3.05, 3.63) is 52.3 Å². The highest BCUT2D eigenvalue weighted by Crippen LogP contribution is 2.16. The third kappa shape index (κ3) is 6.44. The number of nitrogens with one attached hydrogen (secondary N) is 2. The zero-order valence-electron chi connectivity index (χ0n) is 15.6. The fraction of sp³-hybridized carbons (Fsp3) is 0.474. The summed E-state index contributed by atoms with van der Waals surface area (Å²) in [5, 5.41) is 6.54. The number of benzene rings is 1. The van der Waals surface area contributed by atoms with Gasteiger partial charge in [-0.25, -0.2) is 9.37 Å². The second kappa shape index (κ2) is 10.3. The highest BCUT2D eigenvalue weighted by molar-refractivity contribution is 9.10. The van der Waals surface area contributed by atoms with Crippen molar-refractivity contribution in [2.24, 2.45) is 10.9 Å². The zero-order valence-corrected chi connectivity index (χ0v) is 17.2. The highest BCUT2D eigenvalue weighted by Gasteiger charge is 2.06. The minimum atomic E-state index is -0.168. The van der Waals surface area contributed by atoms with Gasteiger partial charge in [0, 0.05) is 37.0 Å². The Morgan fingerprint density at radius 2 is 2.15 bits per heavy atom. The molecule has 0 bridgehead atoms. The van der Waals surface area contributed by atoms with E-state index in [0.717, 1.165) is 41.3 Å². The molecule has 1 aromatic heterocycles. The Morgan fingerprint density at radius 3 is 2.85 bits per heavy atom. The van der Waals surface area contributed by atoms with Gasteiger partial charge in [-0.2, -0.15) is 0 Å². The quantitative estimate of drug-likeness (QED) is 0.386. The van der Waals surface area contributed by atoms with Crippen molar-refractivity contribution >= 4 is 21.9 Å². The van der Waals surface area contributed by atoms with Gasteiger partial charge in [0.1, 0.15) is 11.6 Å². The summed E-state index contributed by atoms with van der Waals surface area (Å²) in [5.41, 5.74) is 0.730. The van der Waals surface area contributed by atoms with Gasteiger partial charge in [-0.3, -0.25) is 4.99 Å². The van der Waals surface area contributed by atoms with Gasteiger partial charge in [0.25, 0.3) is 0 Å². The van der Waals surface area contributed by atoms with E-state index < -0.39 is 0 Å². The molecule has 0 radical (unpaired) electrons. The lowest BCUT2D eigenvalue weighted by Gasteiger charge is -2.14. The number of aryl methyl sites for hydroxylation is 1. The van der Waals surface area contributed by atoms with Gasteiger partial charge < -0.3 is 15.2 Å². The first-order chi connectivity index (χ1) is 12.5. The van der Waals surface area contributed by atoms with Crippen LogP contribution in [0.1, 0.15) is 31.7 Å². The van der Waals surface area contributed by atoms with Crippen LogP contribution in [0.15, 0.2) is 40.1 Å². The summed E-state index contributed by atoms with van der Waals surface area (Å²) in [4.78, 5) is 8.63. The second-order valence-electron chi connectivity index (χ2n) is 6.58. The van der Waals surface area contributed by atoms with Crippen LogP contribution in [0.2, 0.25) is 0 Å². The van der Waals surface area contributed by atoms with Crippen LogP contribution in [-0.4, -0.2) is 29.1 Å². The number of guanidine groups is 1. The molecule has 0 saturated carbocycles. The van der Waals surface area contributed by atoms with Crippen LogP contribution in [-0.2, 0) is 19.5 Å². The normalized spacial score (nSPS) is 11.8. The summed E-state index contributed by atoms with van der Waals surface area (Å²) in [5.74, 6) is 2.11. The van der Waals surface area contributed by atoms with E-state index in [9.17, 15) is 4.39 Å². The van der Waals surface area contributed by atoms with Crippen LogP contribution in [0.5, 0.6) is 0 Å². The van der Waals surface area contributed by atoms with Gasteiger partial charge in [0.05, 0.1) is 6.54 Å². The number of aromatic nitrogens is 2. The van der Waals surface area contributed by atoms with E-state index in [2.05, 4.69) is 55.0 Å². The van der Waals surface area contributed by atoms with Crippen molar-refractivity contribution in [2.75, 3.05) is 13.6 Å². The van der Waals surface area contributed by atoms with Crippen LogP contribution < -0.4 is 10.6 Å². The van der Waals surface area contributed by atoms with Crippen molar-refractivity contribution in [1.29, 1.82) is 0 Å². The maximum Gasteiger partial charge on any atom is 0.191 e. The molecule has 1 aromatic carbocycles. The predicted octanol–water partition coefficient (Wildman–Crippen LogP) is 3.74. The summed E-state index contributed by atoms with van der Waals surface area (Å²) in [6, 6.07) is 5.19. The first kappa shape index (κ1) is 20.4. The molecule has 0 fully saturated rings. The summed E-state index contributed by atoms with van der Waals surface area (Å²) >= 11 is 3.27. The van der Waals surface area contributed by atoms with E-state index >= 15 is 0 Å². The molecule has 0 unspecified atom stereocenters. The molecule has 2 aromatic rings. The lowest BCUT2D eigenvalue weighted by atomic mass is 10.1. The number of hydrogen-bond donors (Lipinski definition) is 2. The molecule has 0 aliphatic rings. The molecule has 0 aliphatic carbocycles. The first-order valence-corrected chi connectivity index (χ1v) is 9.67. The minimum Gasteiger partial charge on any atom is -0.356 e. The van der Waals surface area contributed by atoms with Crippen molar-refractivity contribution in [1.82, 2.24) is 20.2 Å². The summed E-state index contributed by atoms with van der Waals surface area (Å²) in [6.07, 6.45) is 5.32. The Hall–Kier alpha value is -1.89.